The number of rotatable bonds is 6. The molecule has 3 aromatic rings. The molecule has 6 heteroatoms. The zero-order valence-electron chi connectivity index (χ0n) is 15.3. The van der Waals surface area contributed by atoms with Gasteiger partial charge in [0.25, 0.3) is 5.56 Å². The summed E-state index contributed by atoms with van der Waals surface area (Å²) < 4.78 is 0. The highest BCUT2D eigenvalue weighted by Crippen LogP contribution is 2.27. The topological polar surface area (TPSA) is 74.4 Å². The van der Waals surface area contributed by atoms with Crippen molar-refractivity contribution in [2.75, 3.05) is 0 Å². The number of nitrogens with one attached hydrogen (secondary N) is 2. The fraction of sp³-hybridized carbons (Fsp3) is 0.381. The zero-order valence-corrected chi connectivity index (χ0v) is 16.1. The Kier molecular flexibility index (Phi) is 5.72. The molecule has 0 unspecified atom stereocenters. The van der Waals surface area contributed by atoms with Gasteiger partial charge in [-0.1, -0.05) is 74.2 Å². The van der Waals surface area contributed by atoms with E-state index in [0.717, 1.165) is 29.1 Å². The van der Waals surface area contributed by atoms with Gasteiger partial charge in [-0.15, -0.1) is 0 Å². The second-order valence-corrected chi connectivity index (χ2v) is 8.14. The average Bonchev–Trinajstić information content (AvgIpc) is 3.17. The molecule has 1 aliphatic rings. The molecule has 0 aliphatic heterocycles. The molecule has 5 nitrogen and oxygen atoms in total. The van der Waals surface area contributed by atoms with Crippen molar-refractivity contribution in [2.45, 2.75) is 49.4 Å². The molecular weight excluding hydrogens is 356 g/mol. The first-order valence-electron chi connectivity index (χ1n) is 9.59. The van der Waals surface area contributed by atoms with Crippen molar-refractivity contribution in [3.63, 3.8) is 0 Å². The molecule has 1 fully saturated rings. The first kappa shape index (κ1) is 18.0. The molecule has 0 amide bonds. The van der Waals surface area contributed by atoms with Crippen LogP contribution < -0.4 is 5.56 Å². The monoisotopic (exact) mass is 380 g/mol. The van der Waals surface area contributed by atoms with Gasteiger partial charge in [0.15, 0.2) is 5.16 Å². The minimum absolute atomic E-state index is 0.0645. The maximum Gasteiger partial charge on any atom is 0.251 e. The molecule has 1 aliphatic carbocycles. The number of aromatic amines is 2. The highest BCUT2D eigenvalue weighted by Gasteiger charge is 2.15. The van der Waals surface area contributed by atoms with Crippen LogP contribution in [0.15, 0.2) is 52.4 Å². The quantitative estimate of drug-likeness (QED) is 0.485. The number of nitrogens with zero attached hydrogens (tertiary/aromatic N) is 2. The Morgan fingerprint density at radius 3 is 2.67 bits per heavy atom. The molecule has 2 aromatic heterocycles. The van der Waals surface area contributed by atoms with E-state index in [1.807, 2.05) is 24.3 Å². The molecule has 27 heavy (non-hydrogen) atoms. The van der Waals surface area contributed by atoms with Gasteiger partial charge in [0.2, 0.25) is 0 Å². The molecule has 0 atom stereocenters. The number of aromatic nitrogens is 4. The molecule has 0 bridgehead atoms. The van der Waals surface area contributed by atoms with E-state index < -0.39 is 0 Å². The number of hydrogen-bond donors (Lipinski definition) is 2. The summed E-state index contributed by atoms with van der Waals surface area (Å²) in [6.07, 6.45) is 7.38. The van der Waals surface area contributed by atoms with Crippen molar-refractivity contribution in [3.05, 3.63) is 64.2 Å². The van der Waals surface area contributed by atoms with E-state index in [0.29, 0.717) is 16.8 Å². The third-order valence-electron chi connectivity index (χ3n) is 5.07. The third-order valence-corrected chi connectivity index (χ3v) is 5.97. The van der Waals surface area contributed by atoms with Crippen molar-refractivity contribution >= 4 is 11.8 Å². The van der Waals surface area contributed by atoms with Crippen LogP contribution in [-0.2, 0) is 12.2 Å². The zero-order chi connectivity index (χ0) is 18.5. The Morgan fingerprint density at radius 2 is 1.85 bits per heavy atom. The van der Waals surface area contributed by atoms with Gasteiger partial charge < -0.3 is 4.98 Å². The average molecular weight is 381 g/mol. The highest BCUT2D eigenvalue weighted by atomic mass is 32.2. The first-order chi connectivity index (χ1) is 13.3. The van der Waals surface area contributed by atoms with E-state index >= 15 is 0 Å². The standard InChI is InChI=1S/C21H24N4OS/c26-20-13-17(11-15-7-3-1-4-8-15)22-21(23-20)27-14-18-12-19(25-24-18)16-9-5-2-6-10-16/h2,5-6,9-10,12-13,15H,1,3-4,7-8,11,14H2,(H,24,25)(H,22,23,26). The molecule has 1 aromatic carbocycles. The van der Waals surface area contributed by atoms with Crippen LogP contribution in [-0.4, -0.2) is 20.2 Å². The molecule has 4 rings (SSSR count). The summed E-state index contributed by atoms with van der Waals surface area (Å²) in [6, 6.07) is 13.8. The number of benzene rings is 1. The fourth-order valence-electron chi connectivity index (χ4n) is 3.69. The maximum atomic E-state index is 12.0. The van der Waals surface area contributed by atoms with E-state index in [1.54, 1.807) is 6.07 Å². The van der Waals surface area contributed by atoms with Crippen LogP contribution in [0.25, 0.3) is 11.3 Å². The second-order valence-electron chi connectivity index (χ2n) is 7.18. The molecule has 140 valence electrons. The van der Waals surface area contributed by atoms with Crippen LogP contribution >= 0.6 is 11.8 Å². The van der Waals surface area contributed by atoms with Gasteiger partial charge in [-0.2, -0.15) is 5.10 Å². The van der Waals surface area contributed by atoms with E-state index in [9.17, 15) is 4.79 Å². The van der Waals surface area contributed by atoms with Gasteiger partial charge in [-0.25, -0.2) is 4.98 Å². The van der Waals surface area contributed by atoms with Crippen LogP contribution in [0.5, 0.6) is 0 Å². The van der Waals surface area contributed by atoms with E-state index in [-0.39, 0.29) is 5.56 Å². The van der Waals surface area contributed by atoms with E-state index in [4.69, 9.17) is 0 Å². The minimum Gasteiger partial charge on any atom is -0.301 e. The summed E-state index contributed by atoms with van der Waals surface area (Å²) in [5, 5.41) is 8.14. The van der Waals surface area contributed by atoms with Gasteiger partial charge >= 0.3 is 0 Å². The summed E-state index contributed by atoms with van der Waals surface area (Å²) in [5.74, 6) is 1.34. The Balaban J connectivity index is 1.41. The predicted octanol–water partition coefficient (Wildman–Crippen LogP) is 4.58. The predicted molar refractivity (Wildman–Crippen MR) is 109 cm³/mol. The van der Waals surface area contributed by atoms with Crippen LogP contribution in [0.1, 0.15) is 43.5 Å². The van der Waals surface area contributed by atoms with Gasteiger partial charge in [-0.05, 0) is 24.0 Å². The minimum atomic E-state index is -0.0645. The Labute approximate surface area is 163 Å². The summed E-state index contributed by atoms with van der Waals surface area (Å²) >= 11 is 1.52. The number of H-pyrrole nitrogens is 2. The van der Waals surface area contributed by atoms with Crippen LogP contribution in [0, 0.1) is 5.92 Å². The van der Waals surface area contributed by atoms with Crippen molar-refractivity contribution in [1.82, 2.24) is 20.2 Å². The first-order valence-corrected chi connectivity index (χ1v) is 10.6. The highest BCUT2D eigenvalue weighted by molar-refractivity contribution is 7.98. The number of hydrogen-bond acceptors (Lipinski definition) is 4. The fourth-order valence-corrected chi connectivity index (χ4v) is 4.48. The maximum absolute atomic E-state index is 12.0. The summed E-state index contributed by atoms with van der Waals surface area (Å²) in [6.45, 7) is 0. The number of thioether (sulfide) groups is 1. The summed E-state index contributed by atoms with van der Waals surface area (Å²) in [7, 11) is 0. The summed E-state index contributed by atoms with van der Waals surface area (Å²) in [5.41, 5.74) is 3.91. The van der Waals surface area contributed by atoms with E-state index in [2.05, 4.69) is 32.3 Å². The van der Waals surface area contributed by atoms with Crippen molar-refractivity contribution in [3.8, 4) is 11.3 Å². The second kappa shape index (κ2) is 8.57. The lowest BCUT2D eigenvalue weighted by molar-refractivity contribution is 0.353. The van der Waals surface area contributed by atoms with Crippen LogP contribution in [0.4, 0.5) is 0 Å². The van der Waals surface area contributed by atoms with Gasteiger partial charge in [0, 0.05) is 17.5 Å². The molecule has 0 radical (unpaired) electrons. The van der Waals surface area contributed by atoms with Crippen molar-refractivity contribution < 1.29 is 0 Å². The van der Waals surface area contributed by atoms with Crippen LogP contribution in [0.3, 0.4) is 0 Å². The molecule has 1 saturated carbocycles. The lowest BCUT2D eigenvalue weighted by atomic mass is 9.86. The van der Waals surface area contributed by atoms with Gasteiger partial charge in [0.1, 0.15) is 0 Å². The normalized spacial score (nSPS) is 15.1. The Bertz CT molecular complexity index is 929. The summed E-state index contributed by atoms with van der Waals surface area (Å²) in [4.78, 5) is 19.6. The SMILES string of the molecule is O=c1cc(CC2CCCCC2)nc(SCc2cc(-c3ccccc3)[nH]n2)[nH]1. The molecule has 2 N–H and O–H groups in total. The van der Waals surface area contributed by atoms with Crippen molar-refractivity contribution in [2.24, 2.45) is 5.92 Å². The largest absolute Gasteiger partial charge is 0.301 e. The van der Waals surface area contributed by atoms with Gasteiger partial charge in [0.05, 0.1) is 11.4 Å². The molecule has 0 saturated heterocycles. The van der Waals surface area contributed by atoms with Crippen LogP contribution in [0.2, 0.25) is 0 Å². The van der Waals surface area contributed by atoms with Gasteiger partial charge in [-0.3, -0.25) is 9.89 Å². The molecule has 0 spiro atoms. The van der Waals surface area contributed by atoms with E-state index in [1.165, 1.54) is 43.9 Å². The molecular formula is C21H24N4OS. The van der Waals surface area contributed by atoms with Crippen molar-refractivity contribution in [1.29, 1.82) is 0 Å². The lowest BCUT2D eigenvalue weighted by Crippen LogP contribution is -2.15. The lowest BCUT2D eigenvalue weighted by Gasteiger charge is -2.20. The smallest absolute Gasteiger partial charge is 0.251 e. The molecule has 2 heterocycles. The Hall–Kier alpha value is -2.34. The third kappa shape index (κ3) is 4.89. The Morgan fingerprint density at radius 1 is 1.04 bits per heavy atom.